The second kappa shape index (κ2) is 9.85. The number of hydrogen-bond donors (Lipinski definition) is 0. The molecule has 0 aromatic heterocycles. The molecule has 1 atom stereocenters. The van der Waals surface area contributed by atoms with Crippen LogP contribution < -0.4 is 24.8 Å². The van der Waals surface area contributed by atoms with Gasteiger partial charge in [0.15, 0.2) is 0 Å². The Morgan fingerprint density at radius 3 is 2.38 bits per heavy atom. The quantitative estimate of drug-likeness (QED) is 0.449. The Kier molecular flexibility index (Phi) is 11.3. The molecule has 0 heterocycles. The van der Waals surface area contributed by atoms with Crippen molar-refractivity contribution in [1.82, 2.24) is 0 Å². The van der Waals surface area contributed by atoms with Gasteiger partial charge in [0, 0.05) is 4.75 Å². The largest absolute Gasteiger partial charge is 3.00 e. The van der Waals surface area contributed by atoms with Gasteiger partial charge in [0.2, 0.25) is 0 Å². The molecular formula is C16H23Cl2SSiTi. The van der Waals surface area contributed by atoms with Gasteiger partial charge in [-0.15, -0.1) is 6.42 Å². The molecule has 0 amide bonds. The van der Waals surface area contributed by atoms with E-state index in [0.29, 0.717) is 0 Å². The van der Waals surface area contributed by atoms with Gasteiger partial charge in [-0.2, -0.15) is 17.3 Å². The summed E-state index contributed by atoms with van der Waals surface area (Å²) >= 11 is 2.24. The molecule has 0 aromatic rings. The van der Waals surface area contributed by atoms with Crippen LogP contribution in [0.15, 0.2) is 41.5 Å². The van der Waals surface area contributed by atoms with E-state index in [-0.39, 0.29) is 51.3 Å². The summed E-state index contributed by atoms with van der Waals surface area (Å²) in [5.74, 6) is 0. The average Bonchev–Trinajstić information content (AvgIpc) is 2.73. The topological polar surface area (TPSA) is 0 Å². The van der Waals surface area contributed by atoms with Crippen molar-refractivity contribution in [1.29, 1.82) is 0 Å². The van der Waals surface area contributed by atoms with E-state index in [1.54, 1.807) is 0 Å². The molecule has 0 saturated heterocycles. The zero-order valence-electron chi connectivity index (χ0n) is 13.2. The van der Waals surface area contributed by atoms with Crippen LogP contribution in [-0.4, -0.2) is 12.0 Å². The second-order valence-electron chi connectivity index (χ2n) is 6.18. The molecule has 1 unspecified atom stereocenters. The van der Waals surface area contributed by atoms with Gasteiger partial charge in [0.05, 0.1) is 0 Å². The molecule has 0 nitrogen and oxygen atoms in total. The summed E-state index contributed by atoms with van der Waals surface area (Å²) in [6, 6.07) is 0. The minimum atomic E-state index is -1.15. The molecule has 0 aromatic carbocycles. The van der Waals surface area contributed by atoms with Crippen LogP contribution in [-0.2, 0) is 21.7 Å². The Morgan fingerprint density at radius 1 is 1.24 bits per heavy atom. The average molecular weight is 394 g/mol. The first-order chi connectivity index (χ1) is 8.41. The Labute approximate surface area is 162 Å². The predicted octanol–water partition coefficient (Wildman–Crippen LogP) is -0.715. The molecule has 0 spiro atoms. The summed E-state index contributed by atoms with van der Waals surface area (Å²) in [7, 11) is -1.15. The standard InChI is InChI=1S/C16H23SSi.2ClH.Ti/c1-14-9-7-8-12-16(14,17-18(2,3)4)13-15-10-5-6-11-15;;;/h5,7-10H,6,12-13H2,1-4H3;2*1H;/q-1;;;+3/p-2. The van der Waals surface area contributed by atoms with Crippen molar-refractivity contribution in [3.63, 3.8) is 0 Å². The summed E-state index contributed by atoms with van der Waals surface area (Å²) < 4.78 is 0.288. The normalized spacial score (nSPS) is 23.4. The third kappa shape index (κ3) is 6.85. The monoisotopic (exact) mass is 393 g/mol. The first-order valence-electron chi connectivity index (χ1n) is 6.72. The van der Waals surface area contributed by atoms with E-state index in [2.05, 4.69) is 74.2 Å². The van der Waals surface area contributed by atoms with Gasteiger partial charge in [0.1, 0.15) is 7.22 Å². The van der Waals surface area contributed by atoms with Crippen LogP contribution in [0.5, 0.6) is 0 Å². The molecule has 5 heteroatoms. The van der Waals surface area contributed by atoms with Crippen LogP contribution in [0.2, 0.25) is 19.6 Å². The maximum absolute atomic E-state index is 3.49. The smallest absolute Gasteiger partial charge is 1.00 e. The van der Waals surface area contributed by atoms with Gasteiger partial charge in [-0.25, -0.2) is 11.6 Å². The summed E-state index contributed by atoms with van der Waals surface area (Å²) in [6.45, 7) is 9.66. The Morgan fingerprint density at radius 2 is 1.90 bits per heavy atom. The summed E-state index contributed by atoms with van der Waals surface area (Å²) in [5.41, 5.74) is 2.94. The van der Waals surface area contributed by atoms with Gasteiger partial charge in [-0.05, 0) is 19.8 Å². The number of halogens is 2. The summed E-state index contributed by atoms with van der Waals surface area (Å²) in [4.78, 5) is 0. The minimum absolute atomic E-state index is 0. The molecule has 0 fully saturated rings. The fraction of sp³-hybridized carbons (Fsp3) is 0.500. The van der Waals surface area contributed by atoms with Crippen molar-refractivity contribution in [3.05, 3.63) is 47.6 Å². The molecule has 2 rings (SSSR count). The van der Waals surface area contributed by atoms with Crippen LogP contribution >= 0.6 is 11.2 Å². The van der Waals surface area contributed by atoms with Crippen molar-refractivity contribution in [2.75, 3.05) is 0 Å². The van der Waals surface area contributed by atoms with Crippen molar-refractivity contribution in [2.24, 2.45) is 0 Å². The molecule has 0 bridgehead atoms. The van der Waals surface area contributed by atoms with E-state index in [4.69, 9.17) is 0 Å². The maximum atomic E-state index is 3.49. The van der Waals surface area contributed by atoms with Crippen LogP contribution in [0.1, 0.15) is 26.2 Å². The van der Waals surface area contributed by atoms with E-state index in [0.717, 1.165) is 12.8 Å². The fourth-order valence-corrected chi connectivity index (χ4v) is 8.89. The van der Waals surface area contributed by atoms with Crippen LogP contribution in [0.4, 0.5) is 0 Å². The van der Waals surface area contributed by atoms with Gasteiger partial charge in [0.25, 0.3) is 0 Å². The number of rotatable bonds is 4. The third-order valence-electron chi connectivity index (χ3n) is 3.39. The Balaban J connectivity index is 0. The van der Waals surface area contributed by atoms with Gasteiger partial charge < -0.3 is 24.8 Å². The minimum Gasteiger partial charge on any atom is -1.00 e. The maximum Gasteiger partial charge on any atom is 3.00 e. The first-order valence-corrected chi connectivity index (χ1v) is 11.8. The zero-order chi connectivity index (χ0) is 13.2. The van der Waals surface area contributed by atoms with E-state index in [9.17, 15) is 0 Å². The van der Waals surface area contributed by atoms with Crippen molar-refractivity contribution in [2.45, 2.75) is 50.6 Å². The van der Waals surface area contributed by atoms with Gasteiger partial charge >= 0.3 is 21.7 Å². The van der Waals surface area contributed by atoms with Crippen LogP contribution in [0.25, 0.3) is 0 Å². The van der Waals surface area contributed by atoms with E-state index in [1.807, 2.05) is 0 Å². The molecule has 2 aliphatic rings. The molecule has 115 valence electrons. The third-order valence-corrected chi connectivity index (χ3v) is 8.04. The SMILES string of the molecule is CC1=CC=CCC1(CC1=[C-]CC=C1)S[Si](C)(C)C.[Cl-].[Cl-].[Ti+3]. The van der Waals surface area contributed by atoms with E-state index < -0.39 is 7.22 Å². The molecular weight excluding hydrogens is 371 g/mol. The van der Waals surface area contributed by atoms with Gasteiger partial charge in [-0.3, -0.25) is 6.08 Å². The predicted molar refractivity (Wildman–Crippen MR) is 86.3 cm³/mol. The fourth-order valence-electron chi connectivity index (χ4n) is 2.62. The van der Waals surface area contributed by atoms with Crippen LogP contribution in [0, 0.1) is 6.08 Å². The first kappa shape index (κ1) is 24.1. The molecule has 0 saturated carbocycles. The molecule has 21 heavy (non-hydrogen) atoms. The van der Waals surface area contributed by atoms with Crippen LogP contribution in [0.3, 0.4) is 0 Å². The summed E-state index contributed by atoms with van der Waals surface area (Å²) in [5, 5.41) is 0. The molecule has 0 aliphatic heterocycles. The van der Waals surface area contributed by atoms with E-state index in [1.165, 1.54) is 17.6 Å². The summed E-state index contributed by atoms with van der Waals surface area (Å²) in [6.07, 6.45) is 18.1. The number of allylic oxidation sites excluding steroid dienone is 7. The molecule has 0 N–H and O–H groups in total. The van der Waals surface area contributed by atoms with Crippen molar-refractivity contribution >= 4 is 18.4 Å². The van der Waals surface area contributed by atoms with Crippen molar-refractivity contribution < 1.29 is 46.5 Å². The zero-order valence-corrected chi connectivity index (χ0v) is 18.1. The van der Waals surface area contributed by atoms with Crippen molar-refractivity contribution in [3.8, 4) is 0 Å². The molecule has 2 aliphatic carbocycles. The number of hydrogen-bond acceptors (Lipinski definition) is 1. The second-order valence-corrected chi connectivity index (χ2v) is 15.7. The Bertz CT molecular complexity index is 450. The van der Waals surface area contributed by atoms with Gasteiger partial charge in [-0.1, -0.05) is 43.4 Å². The van der Waals surface area contributed by atoms with E-state index >= 15 is 0 Å². The molecule has 1 radical (unpaired) electrons. The Hall–Kier alpha value is 0.821.